The number of aromatic nitrogens is 2. The van der Waals surface area contributed by atoms with Gasteiger partial charge in [-0.3, -0.25) is 14.3 Å². The molecule has 5 N–H and O–H groups in total. The Bertz CT molecular complexity index is 1180. The van der Waals surface area contributed by atoms with Crippen LogP contribution in [0.2, 0.25) is 5.02 Å². The van der Waals surface area contributed by atoms with Crippen molar-refractivity contribution in [3.8, 4) is 0 Å². The third-order valence-electron chi connectivity index (χ3n) is 5.48. The van der Waals surface area contributed by atoms with Crippen molar-refractivity contribution in [2.24, 2.45) is 5.73 Å². The summed E-state index contributed by atoms with van der Waals surface area (Å²) in [6.07, 6.45) is 1.88. The second-order valence-electron chi connectivity index (χ2n) is 7.86. The fraction of sp³-hybridized carbons (Fsp3) is 0.318. The number of hydrogen-bond acceptors (Lipinski definition) is 5. The van der Waals surface area contributed by atoms with Gasteiger partial charge in [-0.05, 0) is 37.1 Å². The van der Waals surface area contributed by atoms with Gasteiger partial charge in [-0.15, -0.1) is 0 Å². The van der Waals surface area contributed by atoms with Gasteiger partial charge in [-0.1, -0.05) is 23.7 Å². The van der Waals surface area contributed by atoms with Crippen LogP contribution < -0.4 is 16.8 Å². The van der Waals surface area contributed by atoms with Gasteiger partial charge >= 0.3 is 0 Å². The number of carbonyl (C=O) groups excluding carboxylic acids is 2. The van der Waals surface area contributed by atoms with Crippen LogP contribution >= 0.6 is 11.6 Å². The predicted molar refractivity (Wildman–Crippen MR) is 121 cm³/mol. The van der Waals surface area contributed by atoms with Crippen LogP contribution in [0.5, 0.6) is 0 Å². The summed E-state index contributed by atoms with van der Waals surface area (Å²) in [5.41, 5.74) is 12.9. The van der Waals surface area contributed by atoms with E-state index in [4.69, 9.17) is 23.1 Å². The molecule has 4 rings (SSSR count). The van der Waals surface area contributed by atoms with Crippen molar-refractivity contribution in [3.63, 3.8) is 0 Å². The normalized spacial score (nSPS) is 13.4. The third kappa shape index (κ3) is 4.68. The van der Waals surface area contributed by atoms with Crippen LogP contribution in [0.1, 0.15) is 28.9 Å². The number of amides is 2. The van der Waals surface area contributed by atoms with Crippen LogP contribution in [-0.4, -0.2) is 45.6 Å². The molecule has 1 aliphatic rings. The van der Waals surface area contributed by atoms with Crippen molar-refractivity contribution >= 4 is 40.0 Å². The summed E-state index contributed by atoms with van der Waals surface area (Å²) in [6.45, 7) is 1.26. The molecule has 2 aromatic carbocycles. The molecule has 1 aliphatic carbocycles. The van der Waals surface area contributed by atoms with Crippen molar-refractivity contribution in [2.45, 2.75) is 32.0 Å². The van der Waals surface area contributed by atoms with Crippen LogP contribution in [0.25, 0.3) is 10.9 Å². The quantitative estimate of drug-likeness (QED) is 0.336. The fourth-order valence-electron chi connectivity index (χ4n) is 3.72. The molecule has 1 fully saturated rings. The topological polar surface area (TPSA) is 119 Å². The average molecular weight is 459 g/mol. The monoisotopic (exact) mass is 458 g/mol. The summed E-state index contributed by atoms with van der Waals surface area (Å²) in [4.78, 5) is 26.6. The van der Waals surface area contributed by atoms with Crippen molar-refractivity contribution in [1.82, 2.24) is 20.0 Å². The van der Waals surface area contributed by atoms with Gasteiger partial charge in [0.15, 0.2) is 5.69 Å². The lowest BCUT2D eigenvalue weighted by molar-refractivity contribution is -0.132. The number of benzene rings is 2. The number of nitrogens with one attached hydrogen (secondary N) is 1. The molecule has 1 heterocycles. The number of halogens is 2. The second kappa shape index (κ2) is 9.13. The number of nitrogens with two attached hydrogens (primary N) is 2. The molecule has 3 aromatic rings. The molecular formula is C22H24ClFN6O2. The lowest BCUT2D eigenvalue weighted by Gasteiger charge is -2.23. The Balaban J connectivity index is 1.42. The Morgan fingerprint density at radius 3 is 2.78 bits per heavy atom. The van der Waals surface area contributed by atoms with E-state index >= 15 is 0 Å². The zero-order valence-electron chi connectivity index (χ0n) is 17.4. The van der Waals surface area contributed by atoms with E-state index in [9.17, 15) is 14.0 Å². The molecule has 32 heavy (non-hydrogen) atoms. The summed E-state index contributed by atoms with van der Waals surface area (Å²) < 4.78 is 15.5. The van der Waals surface area contributed by atoms with Crippen LogP contribution in [0.15, 0.2) is 36.4 Å². The zero-order chi connectivity index (χ0) is 22.8. The van der Waals surface area contributed by atoms with Crippen molar-refractivity contribution in [1.29, 1.82) is 0 Å². The molecule has 1 saturated carbocycles. The minimum atomic E-state index is -0.678. The van der Waals surface area contributed by atoms with E-state index in [1.807, 2.05) is 0 Å². The average Bonchev–Trinajstić information content (AvgIpc) is 3.52. The first-order valence-corrected chi connectivity index (χ1v) is 10.7. The van der Waals surface area contributed by atoms with Gasteiger partial charge in [0.05, 0.1) is 10.5 Å². The van der Waals surface area contributed by atoms with Gasteiger partial charge in [0.25, 0.3) is 5.91 Å². The van der Waals surface area contributed by atoms with E-state index < -0.39 is 11.7 Å². The van der Waals surface area contributed by atoms with E-state index in [1.165, 1.54) is 10.7 Å². The first-order chi connectivity index (χ1) is 15.3. The van der Waals surface area contributed by atoms with E-state index in [1.54, 1.807) is 35.2 Å². The Kier molecular flexibility index (Phi) is 6.29. The van der Waals surface area contributed by atoms with E-state index in [-0.39, 0.29) is 29.2 Å². The van der Waals surface area contributed by atoms with Gasteiger partial charge in [-0.25, -0.2) is 4.39 Å². The Labute approximate surface area is 189 Å². The number of fused-ring (bicyclic) bond motifs is 1. The smallest absolute Gasteiger partial charge is 0.269 e. The van der Waals surface area contributed by atoms with Crippen LogP contribution in [0.4, 0.5) is 10.1 Å². The minimum Gasteiger partial charge on any atom is -0.399 e. The first-order valence-electron chi connectivity index (χ1n) is 10.3. The van der Waals surface area contributed by atoms with Crippen LogP contribution in [0, 0.1) is 5.82 Å². The van der Waals surface area contributed by atoms with Gasteiger partial charge < -0.3 is 21.7 Å². The number of nitrogens with zero attached hydrogens (tertiary/aromatic N) is 3. The van der Waals surface area contributed by atoms with Crippen molar-refractivity contribution in [3.05, 3.63) is 58.5 Å². The highest BCUT2D eigenvalue weighted by atomic mass is 35.5. The number of anilines is 1. The van der Waals surface area contributed by atoms with Gasteiger partial charge in [0, 0.05) is 42.3 Å². The molecule has 2 amide bonds. The SMILES string of the molecule is NC(=O)c1nn(CC(=O)N(CCNCc2cccc(Cl)c2F)C2CC2)c2ccc(N)cc12. The van der Waals surface area contributed by atoms with E-state index in [0.717, 1.165) is 12.8 Å². The van der Waals surface area contributed by atoms with E-state index in [0.29, 0.717) is 41.8 Å². The summed E-state index contributed by atoms with van der Waals surface area (Å²) in [5, 5.41) is 8.03. The number of hydrogen-bond donors (Lipinski definition) is 3. The van der Waals surface area contributed by atoms with Crippen molar-refractivity contribution in [2.75, 3.05) is 18.8 Å². The van der Waals surface area contributed by atoms with Crippen molar-refractivity contribution < 1.29 is 14.0 Å². The molecule has 0 radical (unpaired) electrons. The molecule has 0 unspecified atom stereocenters. The second-order valence-corrected chi connectivity index (χ2v) is 8.26. The summed E-state index contributed by atoms with van der Waals surface area (Å²) in [7, 11) is 0. The molecule has 0 atom stereocenters. The maximum atomic E-state index is 14.0. The fourth-order valence-corrected chi connectivity index (χ4v) is 3.92. The molecule has 1 aromatic heterocycles. The largest absolute Gasteiger partial charge is 0.399 e. The Morgan fingerprint density at radius 1 is 1.28 bits per heavy atom. The molecule has 0 saturated heterocycles. The number of rotatable bonds is 9. The molecule has 168 valence electrons. The highest BCUT2D eigenvalue weighted by Gasteiger charge is 2.32. The third-order valence-corrected chi connectivity index (χ3v) is 5.77. The van der Waals surface area contributed by atoms with Gasteiger partial charge in [-0.2, -0.15) is 5.10 Å². The summed E-state index contributed by atoms with van der Waals surface area (Å²) >= 11 is 5.82. The lowest BCUT2D eigenvalue weighted by atomic mass is 10.2. The zero-order valence-corrected chi connectivity index (χ0v) is 18.1. The highest BCUT2D eigenvalue weighted by Crippen LogP contribution is 2.27. The Hall–Kier alpha value is -3.17. The lowest BCUT2D eigenvalue weighted by Crippen LogP contribution is -2.40. The first kappa shape index (κ1) is 22.0. The molecule has 10 heteroatoms. The number of carbonyl (C=O) groups is 2. The molecule has 0 spiro atoms. The summed E-state index contributed by atoms with van der Waals surface area (Å²) in [5.74, 6) is -1.22. The maximum absolute atomic E-state index is 14.0. The molecule has 8 nitrogen and oxygen atoms in total. The standard InChI is InChI=1S/C22H24ClFN6O2/c23-17-3-1-2-13(20(17)24)11-27-8-9-29(15-5-6-15)19(31)12-30-18-7-4-14(25)10-16(18)21(28-30)22(26)32/h1-4,7,10,15,27H,5-6,8-9,11-12,25H2,(H2,26,32). The predicted octanol–water partition coefficient (Wildman–Crippen LogP) is 2.29. The van der Waals surface area contributed by atoms with Gasteiger partial charge in [0.2, 0.25) is 5.91 Å². The van der Waals surface area contributed by atoms with Crippen LogP contribution in [-0.2, 0) is 17.9 Å². The molecular weight excluding hydrogens is 435 g/mol. The minimum absolute atomic E-state index is 0.0207. The number of nitrogen functional groups attached to an aromatic ring is 1. The highest BCUT2D eigenvalue weighted by molar-refractivity contribution is 6.30. The Morgan fingerprint density at radius 2 is 2.06 bits per heavy atom. The summed E-state index contributed by atoms with van der Waals surface area (Å²) in [6, 6.07) is 10.1. The maximum Gasteiger partial charge on any atom is 0.269 e. The molecule has 0 bridgehead atoms. The molecule has 0 aliphatic heterocycles. The number of primary amides is 1. The van der Waals surface area contributed by atoms with E-state index in [2.05, 4.69) is 10.4 Å². The van der Waals surface area contributed by atoms with Gasteiger partial charge in [0.1, 0.15) is 12.4 Å². The van der Waals surface area contributed by atoms with Crippen LogP contribution in [0.3, 0.4) is 0 Å².